The summed E-state index contributed by atoms with van der Waals surface area (Å²) in [5.41, 5.74) is 4.79. The number of aliphatic hydroxyl groups excluding tert-OH is 1. The lowest BCUT2D eigenvalue weighted by atomic mass is 9.86. The third kappa shape index (κ3) is 1.87. The van der Waals surface area contributed by atoms with Gasteiger partial charge in [-0.25, -0.2) is 0 Å². The Morgan fingerprint density at radius 3 is 2.88 bits per heavy atom. The van der Waals surface area contributed by atoms with E-state index in [0.717, 1.165) is 25.0 Å². The molecule has 3 nitrogen and oxygen atoms in total. The SMILES string of the molecule is OCC1CCc2c(-c3ccccc3)n[nH]c2C1. The van der Waals surface area contributed by atoms with Crippen molar-refractivity contribution in [3.05, 3.63) is 41.6 Å². The highest BCUT2D eigenvalue weighted by Crippen LogP contribution is 2.31. The maximum absolute atomic E-state index is 9.21. The van der Waals surface area contributed by atoms with E-state index in [2.05, 4.69) is 22.3 Å². The van der Waals surface area contributed by atoms with Gasteiger partial charge in [0.1, 0.15) is 0 Å². The van der Waals surface area contributed by atoms with Gasteiger partial charge in [0.25, 0.3) is 0 Å². The van der Waals surface area contributed by atoms with E-state index >= 15 is 0 Å². The van der Waals surface area contributed by atoms with Crippen LogP contribution in [0, 0.1) is 5.92 Å². The quantitative estimate of drug-likeness (QED) is 0.827. The van der Waals surface area contributed by atoms with Gasteiger partial charge in [-0.3, -0.25) is 5.10 Å². The summed E-state index contributed by atoms with van der Waals surface area (Å²) in [6, 6.07) is 10.3. The molecule has 2 aromatic rings. The van der Waals surface area contributed by atoms with Crippen LogP contribution >= 0.6 is 0 Å². The Kier molecular flexibility index (Phi) is 2.69. The average molecular weight is 228 g/mol. The van der Waals surface area contributed by atoms with Gasteiger partial charge in [-0.15, -0.1) is 0 Å². The van der Waals surface area contributed by atoms with Gasteiger partial charge in [0.15, 0.2) is 0 Å². The summed E-state index contributed by atoms with van der Waals surface area (Å²) in [5, 5.41) is 16.8. The van der Waals surface area contributed by atoms with E-state index in [1.807, 2.05) is 18.2 Å². The van der Waals surface area contributed by atoms with Gasteiger partial charge in [0, 0.05) is 23.4 Å². The minimum Gasteiger partial charge on any atom is -0.396 e. The van der Waals surface area contributed by atoms with E-state index in [0.29, 0.717) is 5.92 Å². The van der Waals surface area contributed by atoms with E-state index in [9.17, 15) is 5.11 Å². The number of aromatic nitrogens is 2. The summed E-state index contributed by atoms with van der Waals surface area (Å²) in [6.07, 6.45) is 3.00. The number of aliphatic hydroxyl groups is 1. The van der Waals surface area contributed by atoms with Crippen LogP contribution in [-0.4, -0.2) is 21.9 Å². The molecule has 0 fully saturated rings. The summed E-state index contributed by atoms with van der Waals surface area (Å²) >= 11 is 0. The maximum atomic E-state index is 9.21. The standard InChI is InChI=1S/C14H16N2O/c17-9-10-6-7-12-13(8-10)15-16-14(12)11-4-2-1-3-5-11/h1-5,10,17H,6-9H2,(H,15,16). The molecule has 0 aliphatic heterocycles. The molecule has 0 saturated carbocycles. The zero-order valence-electron chi connectivity index (χ0n) is 9.69. The first-order valence-corrected chi connectivity index (χ1v) is 6.11. The van der Waals surface area contributed by atoms with Crippen molar-refractivity contribution in [1.82, 2.24) is 10.2 Å². The van der Waals surface area contributed by atoms with E-state index in [1.54, 1.807) is 0 Å². The van der Waals surface area contributed by atoms with Crippen molar-refractivity contribution < 1.29 is 5.11 Å². The minimum absolute atomic E-state index is 0.277. The summed E-state index contributed by atoms with van der Waals surface area (Å²) in [5.74, 6) is 0.395. The van der Waals surface area contributed by atoms with Crippen molar-refractivity contribution in [1.29, 1.82) is 0 Å². The number of aromatic amines is 1. The number of fused-ring (bicyclic) bond motifs is 1. The first-order chi connectivity index (χ1) is 8.38. The molecule has 1 aliphatic rings. The largest absolute Gasteiger partial charge is 0.396 e. The van der Waals surface area contributed by atoms with Crippen molar-refractivity contribution >= 4 is 0 Å². The molecule has 1 aromatic carbocycles. The zero-order valence-corrected chi connectivity index (χ0v) is 9.69. The molecule has 2 N–H and O–H groups in total. The Morgan fingerprint density at radius 2 is 2.12 bits per heavy atom. The minimum atomic E-state index is 0.277. The Labute approximate surface area is 100 Å². The first kappa shape index (κ1) is 10.5. The number of hydrogen-bond donors (Lipinski definition) is 2. The maximum Gasteiger partial charge on any atom is 0.0955 e. The molecule has 1 aromatic heterocycles. The fraction of sp³-hybridized carbons (Fsp3) is 0.357. The Hall–Kier alpha value is -1.61. The highest BCUT2D eigenvalue weighted by atomic mass is 16.3. The van der Waals surface area contributed by atoms with Crippen molar-refractivity contribution in [3.8, 4) is 11.3 Å². The van der Waals surface area contributed by atoms with Gasteiger partial charge >= 0.3 is 0 Å². The number of nitrogens with zero attached hydrogens (tertiary/aromatic N) is 1. The molecule has 0 spiro atoms. The third-order valence-corrected chi connectivity index (χ3v) is 3.55. The predicted octanol–water partition coefficient (Wildman–Crippen LogP) is 2.17. The van der Waals surface area contributed by atoms with Crippen LogP contribution in [-0.2, 0) is 12.8 Å². The molecule has 0 bridgehead atoms. The molecule has 1 aliphatic carbocycles. The highest BCUT2D eigenvalue weighted by molar-refractivity contribution is 5.64. The molecular formula is C14H16N2O. The van der Waals surface area contributed by atoms with Crippen LogP contribution in [0.5, 0.6) is 0 Å². The van der Waals surface area contributed by atoms with Crippen molar-refractivity contribution in [2.75, 3.05) is 6.61 Å². The van der Waals surface area contributed by atoms with E-state index < -0.39 is 0 Å². The second-order valence-electron chi connectivity index (χ2n) is 4.69. The number of benzene rings is 1. The number of rotatable bonds is 2. The summed E-state index contributed by atoms with van der Waals surface area (Å²) < 4.78 is 0. The topological polar surface area (TPSA) is 48.9 Å². The van der Waals surface area contributed by atoms with Crippen LogP contribution in [0.4, 0.5) is 0 Å². The average Bonchev–Trinajstić information content (AvgIpc) is 2.82. The lowest BCUT2D eigenvalue weighted by Crippen LogP contribution is -2.17. The van der Waals surface area contributed by atoms with E-state index in [1.165, 1.54) is 16.8 Å². The first-order valence-electron chi connectivity index (χ1n) is 6.11. The fourth-order valence-corrected chi connectivity index (χ4v) is 2.57. The number of H-pyrrole nitrogens is 1. The number of nitrogens with one attached hydrogen (secondary N) is 1. The zero-order chi connectivity index (χ0) is 11.7. The van der Waals surface area contributed by atoms with Gasteiger partial charge in [-0.2, -0.15) is 5.10 Å². The van der Waals surface area contributed by atoms with Gasteiger partial charge in [0.05, 0.1) is 5.69 Å². The summed E-state index contributed by atoms with van der Waals surface area (Å²) in [6.45, 7) is 0.277. The summed E-state index contributed by atoms with van der Waals surface area (Å²) in [4.78, 5) is 0. The monoisotopic (exact) mass is 228 g/mol. The Bertz CT molecular complexity index is 504. The summed E-state index contributed by atoms with van der Waals surface area (Å²) in [7, 11) is 0. The van der Waals surface area contributed by atoms with Crippen LogP contribution in [0.1, 0.15) is 17.7 Å². The van der Waals surface area contributed by atoms with Crippen LogP contribution < -0.4 is 0 Å². The molecule has 1 atom stereocenters. The Balaban J connectivity index is 1.97. The van der Waals surface area contributed by atoms with Gasteiger partial charge in [-0.1, -0.05) is 30.3 Å². The molecule has 3 heteroatoms. The van der Waals surface area contributed by atoms with Crippen LogP contribution in [0.3, 0.4) is 0 Å². The van der Waals surface area contributed by atoms with Gasteiger partial charge in [-0.05, 0) is 25.2 Å². The molecule has 0 radical (unpaired) electrons. The van der Waals surface area contributed by atoms with Crippen molar-refractivity contribution in [2.24, 2.45) is 5.92 Å². The van der Waals surface area contributed by atoms with Crippen molar-refractivity contribution in [2.45, 2.75) is 19.3 Å². The molecule has 0 amide bonds. The lowest BCUT2D eigenvalue weighted by Gasteiger charge is -2.19. The second kappa shape index (κ2) is 4.34. The van der Waals surface area contributed by atoms with Gasteiger partial charge < -0.3 is 5.11 Å². The van der Waals surface area contributed by atoms with E-state index in [-0.39, 0.29) is 6.61 Å². The predicted molar refractivity (Wildman–Crippen MR) is 66.6 cm³/mol. The fourth-order valence-electron chi connectivity index (χ4n) is 2.57. The van der Waals surface area contributed by atoms with Crippen molar-refractivity contribution in [3.63, 3.8) is 0 Å². The molecule has 3 rings (SSSR count). The third-order valence-electron chi connectivity index (χ3n) is 3.55. The van der Waals surface area contributed by atoms with Gasteiger partial charge in [0.2, 0.25) is 0 Å². The van der Waals surface area contributed by atoms with Crippen LogP contribution in [0.25, 0.3) is 11.3 Å². The van der Waals surface area contributed by atoms with Crippen LogP contribution in [0.15, 0.2) is 30.3 Å². The molecular weight excluding hydrogens is 212 g/mol. The molecule has 1 unspecified atom stereocenters. The number of hydrogen-bond acceptors (Lipinski definition) is 2. The Morgan fingerprint density at radius 1 is 1.29 bits per heavy atom. The normalized spacial score (nSPS) is 19.0. The van der Waals surface area contributed by atoms with Crippen LogP contribution in [0.2, 0.25) is 0 Å². The molecule has 1 heterocycles. The lowest BCUT2D eigenvalue weighted by molar-refractivity contribution is 0.212. The van der Waals surface area contributed by atoms with E-state index in [4.69, 9.17) is 0 Å². The molecule has 0 saturated heterocycles. The molecule has 17 heavy (non-hydrogen) atoms. The second-order valence-corrected chi connectivity index (χ2v) is 4.69. The highest BCUT2D eigenvalue weighted by Gasteiger charge is 2.23. The molecule has 88 valence electrons. The smallest absolute Gasteiger partial charge is 0.0955 e.